The molecule has 1 fully saturated rings. The number of hydrogen-bond donors (Lipinski definition) is 1. The van der Waals surface area contributed by atoms with Crippen molar-refractivity contribution in [2.24, 2.45) is 0 Å². The number of halogens is 3. The van der Waals surface area contributed by atoms with Crippen LogP contribution < -0.4 is 0 Å². The Morgan fingerprint density at radius 3 is 2.60 bits per heavy atom. The van der Waals surface area contributed by atoms with Crippen LogP contribution in [0.2, 0.25) is 5.02 Å². The summed E-state index contributed by atoms with van der Waals surface area (Å²) in [6.07, 6.45) is 0.843. The topological polar surface area (TPSA) is 56.9 Å². The third-order valence-electron chi connectivity index (χ3n) is 4.12. The molecule has 1 aliphatic heterocycles. The SMILES string of the molecule is Cl.O=C(c1ccc(F)cc1Cl)N1CCN(CC(O)c2ccco2)CC1. The maximum Gasteiger partial charge on any atom is 0.255 e. The van der Waals surface area contributed by atoms with Crippen molar-refractivity contribution in [3.05, 3.63) is 58.8 Å². The van der Waals surface area contributed by atoms with Crippen molar-refractivity contribution in [3.63, 3.8) is 0 Å². The molecule has 0 spiro atoms. The molecule has 1 aromatic carbocycles. The maximum absolute atomic E-state index is 13.1. The average molecular weight is 389 g/mol. The summed E-state index contributed by atoms with van der Waals surface area (Å²) in [7, 11) is 0. The van der Waals surface area contributed by atoms with Crippen LogP contribution in [0.4, 0.5) is 4.39 Å². The van der Waals surface area contributed by atoms with Gasteiger partial charge in [-0.25, -0.2) is 4.39 Å². The molecule has 0 saturated carbocycles. The number of amides is 1. The summed E-state index contributed by atoms with van der Waals surface area (Å²) in [5, 5.41) is 10.2. The number of piperazine rings is 1. The first-order valence-electron chi connectivity index (χ1n) is 7.73. The Labute approximate surface area is 156 Å². The molecule has 1 amide bonds. The molecule has 0 aliphatic carbocycles. The lowest BCUT2D eigenvalue weighted by molar-refractivity contribution is 0.0486. The van der Waals surface area contributed by atoms with E-state index in [2.05, 4.69) is 4.90 Å². The van der Waals surface area contributed by atoms with E-state index in [1.54, 1.807) is 17.0 Å². The first kappa shape index (κ1) is 19.7. The van der Waals surface area contributed by atoms with Gasteiger partial charge in [0.25, 0.3) is 5.91 Å². The Morgan fingerprint density at radius 1 is 1.28 bits per heavy atom. The van der Waals surface area contributed by atoms with E-state index in [1.165, 1.54) is 18.4 Å². The highest BCUT2D eigenvalue weighted by Crippen LogP contribution is 2.21. The van der Waals surface area contributed by atoms with Crippen LogP contribution in [0.1, 0.15) is 22.2 Å². The molecular weight excluding hydrogens is 370 g/mol. The van der Waals surface area contributed by atoms with Crippen molar-refractivity contribution in [2.45, 2.75) is 6.10 Å². The number of benzene rings is 1. The molecule has 3 rings (SSSR count). The highest BCUT2D eigenvalue weighted by atomic mass is 35.5. The summed E-state index contributed by atoms with van der Waals surface area (Å²) in [4.78, 5) is 16.2. The zero-order valence-corrected chi connectivity index (χ0v) is 15.0. The van der Waals surface area contributed by atoms with Crippen molar-refractivity contribution in [1.29, 1.82) is 0 Å². The third-order valence-corrected chi connectivity index (χ3v) is 4.44. The number of aliphatic hydroxyl groups excluding tert-OH is 1. The van der Waals surface area contributed by atoms with Gasteiger partial charge in [-0.3, -0.25) is 9.69 Å². The van der Waals surface area contributed by atoms with Gasteiger partial charge in [0.05, 0.1) is 16.8 Å². The maximum atomic E-state index is 13.1. The summed E-state index contributed by atoms with van der Waals surface area (Å²) in [6, 6.07) is 7.26. The minimum Gasteiger partial charge on any atom is -0.467 e. The molecule has 1 aliphatic rings. The fourth-order valence-electron chi connectivity index (χ4n) is 2.78. The lowest BCUT2D eigenvalue weighted by Crippen LogP contribution is -2.49. The lowest BCUT2D eigenvalue weighted by Gasteiger charge is -2.35. The van der Waals surface area contributed by atoms with Gasteiger partial charge < -0.3 is 14.4 Å². The van der Waals surface area contributed by atoms with Gasteiger partial charge in [0.2, 0.25) is 0 Å². The summed E-state index contributed by atoms with van der Waals surface area (Å²) in [6.45, 7) is 2.78. The average Bonchev–Trinajstić information content (AvgIpc) is 3.09. The van der Waals surface area contributed by atoms with Crippen molar-refractivity contribution in [1.82, 2.24) is 9.80 Å². The van der Waals surface area contributed by atoms with Crippen LogP contribution in [0, 0.1) is 5.82 Å². The van der Waals surface area contributed by atoms with Crippen LogP contribution in [0.15, 0.2) is 41.0 Å². The quantitative estimate of drug-likeness (QED) is 0.874. The molecule has 2 heterocycles. The number of furan rings is 1. The van der Waals surface area contributed by atoms with Crippen LogP contribution >= 0.6 is 24.0 Å². The molecule has 1 N–H and O–H groups in total. The molecule has 1 aromatic heterocycles. The van der Waals surface area contributed by atoms with Crippen LogP contribution in [0.3, 0.4) is 0 Å². The standard InChI is InChI=1S/C17H18ClFN2O3.ClH/c18-14-10-12(19)3-4-13(14)17(23)21-7-5-20(6-8-21)11-15(22)16-2-1-9-24-16;/h1-4,9-10,15,22H,5-8,11H2;1H. The van der Waals surface area contributed by atoms with Gasteiger partial charge in [-0.05, 0) is 30.3 Å². The summed E-state index contributed by atoms with van der Waals surface area (Å²) in [5.41, 5.74) is 0.308. The van der Waals surface area contributed by atoms with E-state index in [1.807, 2.05) is 0 Å². The van der Waals surface area contributed by atoms with Crippen molar-refractivity contribution in [3.8, 4) is 0 Å². The van der Waals surface area contributed by atoms with Gasteiger partial charge >= 0.3 is 0 Å². The molecule has 25 heavy (non-hydrogen) atoms. The largest absolute Gasteiger partial charge is 0.467 e. The third kappa shape index (κ3) is 4.73. The van der Waals surface area contributed by atoms with E-state index >= 15 is 0 Å². The Kier molecular flexibility index (Phi) is 6.84. The first-order chi connectivity index (χ1) is 11.5. The number of β-amino-alcohol motifs (C(OH)–C–C–N with tert-alkyl or cyclic N) is 1. The van der Waals surface area contributed by atoms with Gasteiger partial charge in [-0.15, -0.1) is 12.4 Å². The van der Waals surface area contributed by atoms with Gasteiger partial charge in [-0.2, -0.15) is 0 Å². The number of aliphatic hydroxyl groups is 1. The number of hydrogen-bond acceptors (Lipinski definition) is 4. The fourth-order valence-corrected chi connectivity index (χ4v) is 3.03. The molecular formula is C17H19Cl2FN2O3. The van der Waals surface area contributed by atoms with E-state index in [0.29, 0.717) is 44.0 Å². The van der Waals surface area contributed by atoms with E-state index in [9.17, 15) is 14.3 Å². The first-order valence-corrected chi connectivity index (χ1v) is 8.10. The van der Waals surface area contributed by atoms with Crippen molar-refractivity contribution >= 4 is 29.9 Å². The molecule has 1 atom stereocenters. The molecule has 1 unspecified atom stereocenters. The number of rotatable bonds is 4. The fraction of sp³-hybridized carbons (Fsp3) is 0.353. The molecule has 1 saturated heterocycles. The van der Waals surface area contributed by atoms with Crippen molar-refractivity contribution < 1.29 is 18.7 Å². The highest BCUT2D eigenvalue weighted by molar-refractivity contribution is 6.33. The van der Waals surface area contributed by atoms with Gasteiger partial charge in [-0.1, -0.05) is 11.6 Å². The Morgan fingerprint density at radius 2 is 2.00 bits per heavy atom. The molecule has 8 heteroatoms. The zero-order valence-electron chi connectivity index (χ0n) is 13.4. The molecule has 0 radical (unpaired) electrons. The molecule has 5 nitrogen and oxygen atoms in total. The molecule has 0 bridgehead atoms. The number of carbonyl (C=O) groups is 1. The van der Waals surface area contributed by atoms with Crippen LogP contribution in [-0.4, -0.2) is 53.5 Å². The Hall–Kier alpha value is -1.60. The molecule has 136 valence electrons. The molecule has 2 aromatic rings. The minimum absolute atomic E-state index is 0. The Balaban J connectivity index is 0.00000225. The van der Waals surface area contributed by atoms with Crippen LogP contribution in [0.25, 0.3) is 0 Å². The minimum atomic E-state index is -0.686. The van der Waals surface area contributed by atoms with Crippen LogP contribution in [0.5, 0.6) is 0 Å². The lowest BCUT2D eigenvalue weighted by atomic mass is 10.1. The highest BCUT2D eigenvalue weighted by Gasteiger charge is 2.25. The second kappa shape index (κ2) is 8.67. The summed E-state index contributed by atoms with van der Waals surface area (Å²) in [5.74, 6) is -0.133. The smallest absolute Gasteiger partial charge is 0.255 e. The van der Waals surface area contributed by atoms with Crippen molar-refractivity contribution in [2.75, 3.05) is 32.7 Å². The predicted octanol–water partition coefficient (Wildman–Crippen LogP) is 2.99. The van der Waals surface area contributed by atoms with E-state index in [0.717, 1.165) is 6.07 Å². The van der Waals surface area contributed by atoms with Gasteiger partial charge in [0.15, 0.2) is 0 Å². The monoisotopic (exact) mass is 388 g/mol. The van der Waals surface area contributed by atoms with E-state index in [4.69, 9.17) is 16.0 Å². The van der Waals surface area contributed by atoms with Gasteiger partial charge in [0.1, 0.15) is 17.7 Å². The predicted molar refractivity (Wildman–Crippen MR) is 94.7 cm³/mol. The van der Waals surface area contributed by atoms with Gasteiger partial charge in [0, 0.05) is 32.7 Å². The Bertz CT molecular complexity index is 704. The van der Waals surface area contributed by atoms with E-state index in [-0.39, 0.29) is 23.3 Å². The second-order valence-corrected chi connectivity index (χ2v) is 6.16. The summed E-state index contributed by atoms with van der Waals surface area (Å²) < 4.78 is 18.3. The number of nitrogens with zero attached hydrogens (tertiary/aromatic N) is 2. The number of carbonyl (C=O) groups excluding carboxylic acids is 1. The second-order valence-electron chi connectivity index (χ2n) is 5.75. The normalized spacial score (nSPS) is 16.4. The van der Waals surface area contributed by atoms with E-state index < -0.39 is 11.9 Å². The van der Waals surface area contributed by atoms with Crippen LogP contribution in [-0.2, 0) is 0 Å². The zero-order chi connectivity index (χ0) is 17.1. The summed E-state index contributed by atoms with van der Waals surface area (Å²) >= 11 is 5.96.